The van der Waals surface area contributed by atoms with Gasteiger partial charge in [-0.25, -0.2) is 0 Å². The van der Waals surface area contributed by atoms with Crippen LogP contribution in [0.15, 0.2) is 0 Å². The van der Waals surface area contributed by atoms with Crippen molar-refractivity contribution in [1.29, 1.82) is 5.26 Å². The Bertz CT molecular complexity index is 255. The van der Waals surface area contributed by atoms with Crippen molar-refractivity contribution in [2.45, 2.75) is 45.0 Å². The van der Waals surface area contributed by atoms with Crippen LogP contribution in [0.5, 0.6) is 0 Å². The number of hydrogen-bond donors (Lipinski definition) is 0. The fourth-order valence-electron chi connectivity index (χ4n) is 1.40. The number of ether oxygens (including phenoxy) is 2. The number of ketones is 1. The molecule has 0 amide bonds. The Balaban J connectivity index is 2.21. The van der Waals surface area contributed by atoms with Crippen LogP contribution in [0.4, 0.5) is 0 Å². The number of hydrogen-bond acceptors (Lipinski definition) is 4. The van der Waals surface area contributed by atoms with Crippen LogP contribution >= 0.6 is 0 Å². The summed E-state index contributed by atoms with van der Waals surface area (Å²) in [6.45, 7) is 4.24. The summed E-state index contributed by atoms with van der Waals surface area (Å²) in [6.07, 6.45) is 1.03. The highest BCUT2D eigenvalue weighted by molar-refractivity contribution is 5.80. The highest BCUT2D eigenvalue weighted by atomic mass is 16.7. The standard InChI is InChI=1S/C10H15NO3/c1-10(2)13-7-9(14-10)4-3-8(12)5-6-11/h9H,3-5,7H2,1-2H3. The van der Waals surface area contributed by atoms with Crippen LogP contribution in [0.25, 0.3) is 0 Å². The fourth-order valence-corrected chi connectivity index (χ4v) is 1.40. The van der Waals surface area contributed by atoms with E-state index in [2.05, 4.69) is 0 Å². The normalized spacial score (nSPS) is 24.5. The molecule has 4 nitrogen and oxygen atoms in total. The molecule has 0 N–H and O–H groups in total. The Morgan fingerprint density at radius 2 is 2.36 bits per heavy atom. The molecule has 0 radical (unpaired) electrons. The molecule has 0 spiro atoms. The molecule has 1 heterocycles. The topological polar surface area (TPSA) is 59.3 Å². The molecule has 0 aromatic heterocycles. The first-order valence-corrected chi connectivity index (χ1v) is 4.74. The molecular formula is C10H15NO3. The summed E-state index contributed by atoms with van der Waals surface area (Å²) in [5.41, 5.74) is 0. The average Bonchev–Trinajstić information content (AvgIpc) is 2.43. The molecule has 4 heteroatoms. The van der Waals surface area contributed by atoms with E-state index in [9.17, 15) is 4.79 Å². The van der Waals surface area contributed by atoms with Gasteiger partial charge in [0.2, 0.25) is 0 Å². The molecule has 1 aliphatic heterocycles. The molecule has 0 aliphatic carbocycles. The third kappa shape index (κ3) is 3.44. The van der Waals surface area contributed by atoms with Gasteiger partial charge in [0, 0.05) is 6.42 Å². The molecule has 1 saturated heterocycles. The zero-order valence-corrected chi connectivity index (χ0v) is 8.58. The van der Waals surface area contributed by atoms with Gasteiger partial charge < -0.3 is 9.47 Å². The molecule has 0 aromatic rings. The second-order valence-corrected chi connectivity index (χ2v) is 3.86. The molecule has 0 saturated carbocycles. The lowest BCUT2D eigenvalue weighted by Crippen LogP contribution is -2.21. The first kappa shape index (κ1) is 11.2. The highest BCUT2D eigenvalue weighted by Crippen LogP contribution is 2.24. The minimum Gasteiger partial charge on any atom is -0.348 e. The van der Waals surface area contributed by atoms with E-state index in [1.807, 2.05) is 19.9 Å². The minimum absolute atomic E-state index is 0.00301. The fraction of sp³-hybridized carbons (Fsp3) is 0.800. The lowest BCUT2D eigenvalue weighted by molar-refractivity contribution is -0.140. The van der Waals surface area contributed by atoms with E-state index in [0.717, 1.165) is 0 Å². The number of carbonyl (C=O) groups excluding carboxylic acids is 1. The van der Waals surface area contributed by atoms with Crippen molar-refractivity contribution in [2.24, 2.45) is 0 Å². The number of Topliss-reactive ketones (excluding diaryl/α,β-unsaturated/α-hetero) is 1. The van der Waals surface area contributed by atoms with E-state index >= 15 is 0 Å². The maximum Gasteiger partial charge on any atom is 0.163 e. The summed E-state index contributed by atoms with van der Waals surface area (Å²) >= 11 is 0. The van der Waals surface area contributed by atoms with Crippen molar-refractivity contribution >= 4 is 5.78 Å². The predicted molar refractivity (Wildman–Crippen MR) is 49.4 cm³/mol. The zero-order chi connectivity index (χ0) is 10.6. The monoisotopic (exact) mass is 197 g/mol. The molecule has 1 unspecified atom stereocenters. The van der Waals surface area contributed by atoms with Crippen molar-refractivity contribution in [3.63, 3.8) is 0 Å². The second-order valence-electron chi connectivity index (χ2n) is 3.86. The number of carbonyl (C=O) groups is 1. The minimum atomic E-state index is -0.525. The van der Waals surface area contributed by atoms with Gasteiger partial charge in [-0.2, -0.15) is 5.26 Å². The SMILES string of the molecule is CC1(C)OCC(CCC(=O)CC#N)O1. The van der Waals surface area contributed by atoms with Gasteiger partial charge >= 0.3 is 0 Å². The second kappa shape index (κ2) is 4.54. The van der Waals surface area contributed by atoms with E-state index in [1.54, 1.807) is 0 Å². The quantitative estimate of drug-likeness (QED) is 0.683. The van der Waals surface area contributed by atoms with Gasteiger partial charge in [0.25, 0.3) is 0 Å². The van der Waals surface area contributed by atoms with Gasteiger partial charge in [-0.3, -0.25) is 4.79 Å². The molecular weight excluding hydrogens is 182 g/mol. The maximum absolute atomic E-state index is 11.0. The van der Waals surface area contributed by atoms with Crippen molar-refractivity contribution in [2.75, 3.05) is 6.61 Å². The molecule has 1 rings (SSSR count). The summed E-state index contributed by atoms with van der Waals surface area (Å²) in [6, 6.07) is 1.84. The van der Waals surface area contributed by atoms with Gasteiger partial charge in [0.1, 0.15) is 5.78 Å². The van der Waals surface area contributed by atoms with Crippen LogP contribution in [-0.4, -0.2) is 24.3 Å². The van der Waals surface area contributed by atoms with Crippen LogP contribution in [0, 0.1) is 11.3 Å². The van der Waals surface area contributed by atoms with Crippen molar-refractivity contribution < 1.29 is 14.3 Å². The molecule has 1 fully saturated rings. The molecule has 1 aliphatic rings. The predicted octanol–water partition coefficient (Wildman–Crippen LogP) is 1.40. The zero-order valence-electron chi connectivity index (χ0n) is 8.58. The van der Waals surface area contributed by atoms with Crippen molar-refractivity contribution in [1.82, 2.24) is 0 Å². The van der Waals surface area contributed by atoms with Crippen LogP contribution in [0.3, 0.4) is 0 Å². The van der Waals surface area contributed by atoms with Crippen LogP contribution < -0.4 is 0 Å². The first-order chi connectivity index (χ1) is 6.53. The molecule has 14 heavy (non-hydrogen) atoms. The van der Waals surface area contributed by atoms with Gasteiger partial charge in [0.05, 0.1) is 25.2 Å². The van der Waals surface area contributed by atoms with E-state index < -0.39 is 5.79 Å². The smallest absolute Gasteiger partial charge is 0.163 e. The third-order valence-corrected chi connectivity index (χ3v) is 2.09. The Morgan fingerprint density at radius 1 is 1.64 bits per heavy atom. The number of rotatable bonds is 4. The van der Waals surface area contributed by atoms with Crippen LogP contribution in [-0.2, 0) is 14.3 Å². The lowest BCUT2D eigenvalue weighted by Gasteiger charge is -2.16. The van der Waals surface area contributed by atoms with Gasteiger partial charge in [-0.1, -0.05) is 0 Å². The van der Waals surface area contributed by atoms with Gasteiger partial charge in [-0.15, -0.1) is 0 Å². The van der Waals surface area contributed by atoms with Crippen molar-refractivity contribution in [3.8, 4) is 6.07 Å². The Morgan fingerprint density at radius 3 is 2.86 bits per heavy atom. The van der Waals surface area contributed by atoms with E-state index in [1.165, 1.54) is 0 Å². The Labute approximate surface area is 83.8 Å². The van der Waals surface area contributed by atoms with Gasteiger partial charge in [-0.05, 0) is 20.3 Å². The van der Waals surface area contributed by atoms with Crippen LogP contribution in [0.2, 0.25) is 0 Å². The van der Waals surface area contributed by atoms with Crippen LogP contribution in [0.1, 0.15) is 33.1 Å². The summed E-state index contributed by atoms with van der Waals surface area (Å²) in [5.74, 6) is -0.552. The Hall–Kier alpha value is -0.920. The summed E-state index contributed by atoms with van der Waals surface area (Å²) < 4.78 is 10.9. The van der Waals surface area contributed by atoms with E-state index in [0.29, 0.717) is 19.4 Å². The molecule has 0 bridgehead atoms. The average molecular weight is 197 g/mol. The van der Waals surface area contributed by atoms with E-state index in [4.69, 9.17) is 14.7 Å². The molecule has 0 aromatic carbocycles. The highest BCUT2D eigenvalue weighted by Gasteiger charge is 2.32. The van der Waals surface area contributed by atoms with Gasteiger partial charge in [0.15, 0.2) is 5.79 Å². The number of nitriles is 1. The van der Waals surface area contributed by atoms with Crippen molar-refractivity contribution in [3.05, 3.63) is 0 Å². The summed E-state index contributed by atoms with van der Waals surface area (Å²) in [7, 11) is 0. The number of nitrogens with zero attached hydrogens (tertiary/aromatic N) is 1. The summed E-state index contributed by atoms with van der Waals surface area (Å²) in [5, 5.41) is 8.28. The van der Waals surface area contributed by atoms with E-state index in [-0.39, 0.29) is 18.3 Å². The first-order valence-electron chi connectivity index (χ1n) is 4.74. The third-order valence-electron chi connectivity index (χ3n) is 2.09. The maximum atomic E-state index is 11.0. The molecule has 1 atom stereocenters. The largest absolute Gasteiger partial charge is 0.348 e. The Kier molecular flexibility index (Phi) is 3.62. The summed E-state index contributed by atoms with van der Waals surface area (Å²) in [4.78, 5) is 11.0. The lowest BCUT2D eigenvalue weighted by atomic mass is 10.1. The molecule has 78 valence electrons.